The molecule has 0 saturated carbocycles. The van der Waals surface area contributed by atoms with Gasteiger partial charge in [-0.1, -0.05) is 317 Å². The molecule has 0 aliphatic rings. The van der Waals surface area contributed by atoms with E-state index >= 15 is 0 Å². The topological polar surface area (TPSA) is 78.9 Å². The van der Waals surface area contributed by atoms with Crippen molar-refractivity contribution in [3.05, 3.63) is 97.2 Å². The van der Waals surface area contributed by atoms with E-state index in [0.717, 1.165) is 122 Å². The molecule has 0 heterocycles. The van der Waals surface area contributed by atoms with E-state index in [-0.39, 0.29) is 31.1 Å². The van der Waals surface area contributed by atoms with Crippen LogP contribution in [0.3, 0.4) is 0 Å². The van der Waals surface area contributed by atoms with Gasteiger partial charge in [-0.15, -0.1) is 0 Å². The Bertz CT molecular complexity index is 1580. The molecule has 0 aromatic rings. The average Bonchev–Trinajstić information content (AvgIpc) is 3.47. The molecular formula is C75H130O6. The first-order chi connectivity index (χ1) is 40.0. The van der Waals surface area contributed by atoms with Gasteiger partial charge in [-0.3, -0.25) is 14.4 Å². The molecule has 0 aliphatic carbocycles. The lowest BCUT2D eigenvalue weighted by Gasteiger charge is -2.18. The summed E-state index contributed by atoms with van der Waals surface area (Å²) < 4.78 is 17.0. The highest BCUT2D eigenvalue weighted by atomic mass is 16.6. The molecule has 0 bridgehead atoms. The van der Waals surface area contributed by atoms with Crippen LogP contribution in [0, 0.1) is 0 Å². The van der Waals surface area contributed by atoms with Gasteiger partial charge in [-0.05, 0) is 103 Å². The summed E-state index contributed by atoms with van der Waals surface area (Å²) in [4.78, 5) is 38.5. The molecule has 81 heavy (non-hydrogen) atoms. The van der Waals surface area contributed by atoms with E-state index in [1.807, 2.05) is 0 Å². The van der Waals surface area contributed by atoms with Crippen molar-refractivity contribution in [2.24, 2.45) is 0 Å². The number of ether oxygens (including phenoxy) is 3. The molecule has 466 valence electrons. The predicted octanol–water partition coefficient (Wildman–Crippen LogP) is 24.0. The highest BCUT2D eigenvalue weighted by Gasteiger charge is 2.19. The normalized spacial score (nSPS) is 12.7. The van der Waals surface area contributed by atoms with Gasteiger partial charge in [-0.2, -0.15) is 0 Å². The molecule has 1 atom stereocenters. The van der Waals surface area contributed by atoms with Crippen LogP contribution in [0.5, 0.6) is 0 Å². The van der Waals surface area contributed by atoms with Crippen molar-refractivity contribution in [1.82, 2.24) is 0 Å². The summed E-state index contributed by atoms with van der Waals surface area (Å²) >= 11 is 0. The van der Waals surface area contributed by atoms with E-state index in [1.54, 1.807) is 0 Å². The first kappa shape index (κ1) is 77.3. The highest BCUT2D eigenvalue weighted by molar-refractivity contribution is 5.71. The van der Waals surface area contributed by atoms with E-state index in [2.05, 4.69) is 118 Å². The number of carbonyl (C=O) groups excluding carboxylic acids is 3. The molecule has 0 spiro atoms. The van der Waals surface area contributed by atoms with Gasteiger partial charge < -0.3 is 14.2 Å². The van der Waals surface area contributed by atoms with Gasteiger partial charge in [0.25, 0.3) is 0 Å². The fraction of sp³-hybridized carbons (Fsp3) is 0.747. The van der Waals surface area contributed by atoms with Crippen LogP contribution in [-0.4, -0.2) is 37.2 Å². The van der Waals surface area contributed by atoms with Gasteiger partial charge in [0.1, 0.15) is 13.2 Å². The molecule has 0 aromatic heterocycles. The summed E-state index contributed by atoms with van der Waals surface area (Å²) in [6, 6.07) is 0. The van der Waals surface area contributed by atoms with Crippen LogP contribution in [0.4, 0.5) is 0 Å². The van der Waals surface area contributed by atoms with Crippen LogP contribution in [0.25, 0.3) is 0 Å². The Morgan fingerprint density at radius 3 is 0.778 bits per heavy atom. The van der Waals surface area contributed by atoms with Crippen LogP contribution in [0.2, 0.25) is 0 Å². The van der Waals surface area contributed by atoms with Crippen molar-refractivity contribution in [3.8, 4) is 0 Å². The first-order valence-corrected chi connectivity index (χ1v) is 34.7. The van der Waals surface area contributed by atoms with Crippen LogP contribution in [-0.2, 0) is 28.6 Å². The minimum atomic E-state index is -0.789. The molecule has 6 heteroatoms. The fourth-order valence-corrected chi connectivity index (χ4v) is 9.89. The Kier molecular flexibility index (Phi) is 65.7. The van der Waals surface area contributed by atoms with Crippen molar-refractivity contribution < 1.29 is 28.6 Å². The number of hydrogen-bond acceptors (Lipinski definition) is 6. The average molecular weight is 1130 g/mol. The maximum atomic E-state index is 13.0. The monoisotopic (exact) mass is 1130 g/mol. The highest BCUT2D eigenvalue weighted by Crippen LogP contribution is 2.17. The van der Waals surface area contributed by atoms with Crippen molar-refractivity contribution in [2.45, 2.75) is 348 Å². The molecular weight excluding hydrogens is 997 g/mol. The van der Waals surface area contributed by atoms with E-state index in [0.29, 0.717) is 19.3 Å². The molecule has 0 amide bonds. The summed E-state index contributed by atoms with van der Waals surface area (Å²) in [5.41, 5.74) is 0. The standard InChI is InChI=1S/C75H130O6/c1-4-7-10-13-16-19-22-25-28-31-33-35-36-37-38-40-41-44-47-50-53-56-59-62-65-68-74(77)80-71-72(70-79-73(76)67-64-61-58-55-52-49-46-43-30-27-24-21-18-15-12-9-6-3)81-75(78)69-66-63-60-57-54-51-48-45-42-39-34-32-29-26-23-20-17-14-11-8-5-2/h7,10,16,18-19,21,25,27-28,30,33,35,37-38,41,44,72H,4-6,8-9,11-15,17,20,22-24,26,29,31-32,34,36,39-40,42-43,45-71H2,1-3H3/b10-7-,19-16-,21-18-,28-25-,30-27-,35-33-,38-37-,44-41-. The quantitative estimate of drug-likeness (QED) is 0.0261. The maximum Gasteiger partial charge on any atom is 0.306 e. The number of carbonyl (C=O) groups is 3. The first-order valence-electron chi connectivity index (χ1n) is 34.7. The van der Waals surface area contributed by atoms with Crippen molar-refractivity contribution in [3.63, 3.8) is 0 Å². The third-order valence-corrected chi connectivity index (χ3v) is 15.1. The summed E-state index contributed by atoms with van der Waals surface area (Å²) in [5, 5.41) is 0. The zero-order chi connectivity index (χ0) is 58.5. The zero-order valence-corrected chi connectivity index (χ0v) is 53.5. The van der Waals surface area contributed by atoms with Crippen LogP contribution in [0.15, 0.2) is 97.2 Å². The minimum Gasteiger partial charge on any atom is -0.462 e. The molecule has 0 fully saturated rings. The second-order valence-electron chi connectivity index (χ2n) is 23.1. The van der Waals surface area contributed by atoms with Crippen molar-refractivity contribution in [1.29, 1.82) is 0 Å². The van der Waals surface area contributed by atoms with Crippen LogP contribution < -0.4 is 0 Å². The third kappa shape index (κ3) is 67.0. The molecule has 0 aliphatic heterocycles. The summed E-state index contributed by atoms with van der Waals surface area (Å²) in [7, 11) is 0. The van der Waals surface area contributed by atoms with Gasteiger partial charge in [-0.25, -0.2) is 0 Å². The second-order valence-corrected chi connectivity index (χ2v) is 23.1. The van der Waals surface area contributed by atoms with Gasteiger partial charge in [0, 0.05) is 19.3 Å². The summed E-state index contributed by atoms with van der Waals surface area (Å²) in [5.74, 6) is -0.888. The Balaban J connectivity index is 4.39. The van der Waals surface area contributed by atoms with E-state index in [9.17, 15) is 14.4 Å². The summed E-state index contributed by atoms with van der Waals surface area (Å²) in [6.07, 6.45) is 92.7. The van der Waals surface area contributed by atoms with Crippen molar-refractivity contribution >= 4 is 17.9 Å². The largest absolute Gasteiger partial charge is 0.462 e. The van der Waals surface area contributed by atoms with Gasteiger partial charge in [0.15, 0.2) is 6.10 Å². The Morgan fingerprint density at radius 2 is 0.481 bits per heavy atom. The third-order valence-electron chi connectivity index (χ3n) is 15.1. The fourth-order valence-electron chi connectivity index (χ4n) is 9.89. The number of hydrogen-bond donors (Lipinski definition) is 0. The molecule has 0 N–H and O–H groups in total. The lowest BCUT2D eigenvalue weighted by molar-refractivity contribution is -0.167. The lowest BCUT2D eigenvalue weighted by Crippen LogP contribution is -2.30. The van der Waals surface area contributed by atoms with Crippen LogP contribution in [0.1, 0.15) is 342 Å². The van der Waals surface area contributed by atoms with Crippen LogP contribution >= 0.6 is 0 Å². The Morgan fingerprint density at radius 1 is 0.259 bits per heavy atom. The summed E-state index contributed by atoms with van der Waals surface area (Å²) in [6.45, 7) is 6.53. The predicted molar refractivity (Wildman–Crippen MR) is 353 cm³/mol. The molecule has 1 unspecified atom stereocenters. The Hall–Kier alpha value is -3.67. The molecule has 0 rings (SSSR count). The van der Waals surface area contributed by atoms with E-state index in [4.69, 9.17) is 14.2 Å². The molecule has 6 nitrogen and oxygen atoms in total. The maximum absolute atomic E-state index is 13.0. The minimum absolute atomic E-state index is 0.0839. The second kappa shape index (κ2) is 68.8. The van der Waals surface area contributed by atoms with Gasteiger partial charge >= 0.3 is 17.9 Å². The van der Waals surface area contributed by atoms with E-state index < -0.39 is 6.10 Å². The number of rotatable bonds is 63. The number of allylic oxidation sites excluding steroid dienone is 16. The molecule has 0 saturated heterocycles. The smallest absolute Gasteiger partial charge is 0.306 e. The lowest BCUT2D eigenvalue weighted by atomic mass is 10.0. The molecule has 0 radical (unpaired) electrons. The SMILES string of the molecule is CC/C=C\C/C=C\C/C=C\C/C=C\C/C=C\C/C=C\CCCCCCCCC(=O)OCC(COC(=O)CCCCCCCCC/C=C\C/C=C\CCCCC)OC(=O)CCCCCCCCCCCCCCCCCCCCCCC. The van der Waals surface area contributed by atoms with Crippen molar-refractivity contribution in [2.75, 3.05) is 13.2 Å². The zero-order valence-electron chi connectivity index (χ0n) is 53.5. The van der Waals surface area contributed by atoms with Gasteiger partial charge in [0.2, 0.25) is 0 Å². The molecule has 0 aromatic carbocycles. The number of esters is 3. The Labute approximate surface area is 502 Å². The number of unbranched alkanes of at least 4 members (excludes halogenated alkanes) is 36. The van der Waals surface area contributed by atoms with E-state index in [1.165, 1.54) is 180 Å². The van der Waals surface area contributed by atoms with Gasteiger partial charge in [0.05, 0.1) is 0 Å².